The van der Waals surface area contributed by atoms with Crippen LogP contribution in [0.1, 0.15) is 11.1 Å². The van der Waals surface area contributed by atoms with Gasteiger partial charge in [0.25, 0.3) is 0 Å². The lowest BCUT2D eigenvalue weighted by Gasteiger charge is -2.29. The van der Waals surface area contributed by atoms with Gasteiger partial charge in [-0.2, -0.15) is 0 Å². The summed E-state index contributed by atoms with van der Waals surface area (Å²) in [5, 5.41) is 19.3. The first-order valence-corrected chi connectivity index (χ1v) is 7.21. The van der Waals surface area contributed by atoms with Crippen LogP contribution in [-0.2, 0) is 12.8 Å². The molecule has 0 radical (unpaired) electrons. The molecular formula is C18H20O2. The van der Waals surface area contributed by atoms with Gasteiger partial charge in [-0.25, -0.2) is 0 Å². The smallest absolute Gasteiger partial charge is 0.0466 e. The van der Waals surface area contributed by atoms with E-state index in [4.69, 9.17) is 0 Å². The summed E-state index contributed by atoms with van der Waals surface area (Å²) in [4.78, 5) is 0. The van der Waals surface area contributed by atoms with Gasteiger partial charge in [-0.1, -0.05) is 48.5 Å². The van der Waals surface area contributed by atoms with E-state index in [1.807, 2.05) is 12.1 Å². The molecule has 2 aromatic rings. The highest BCUT2D eigenvalue weighted by atomic mass is 16.3. The van der Waals surface area contributed by atoms with Crippen LogP contribution in [0.3, 0.4) is 0 Å². The molecular weight excluding hydrogens is 248 g/mol. The summed E-state index contributed by atoms with van der Waals surface area (Å²) in [7, 11) is 0. The van der Waals surface area contributed by atoms with Gasteiger partial charge in [0.2, 0.25) is 0 Å². The first-order chi connectivity index (χ1) is 9.83. The van der Waals surface area contributed by atoms with E-state index >= 15 is 0 Å². The molecule has 2 heteroatoms. The second-order valence-corrected chi connectivity index (χ2v) is 5.61. The van der Waals surface area contributed by atoms with Crippen LogP contribution < -0.4 is 0 Å². The lowest BCUT2D eigenvalue weighted by molar-refractivity contribution is 0.119. The van der Waals surface area contributed by atoms with Crippen molar-refractivity contribution < 1.29 is 10.2 Å². The normalized spacial score (nSPS) is 21.5. The van der Waals surface area contributed by atoms with Crippen molar-refractivity contribution in [2.45, 2.75) is 12.8 Å². The molecule has 3 rings (SSSR count). The molecule has 2 nitrogen and oxygen atoms in total. The summed E-state index contributed by atoms with van der Waals surface area (Å²) in [6.07, 6.45) is 1.65. The molecule has 0 heterocycles. The maximum Gasteiger partial charge on any atom is 0.0466 e. The highest BCUT2D eigenvalue weighted by Crippen LogP contribution is 2.35. The van der Waals surface area contributed by atoms with E-state index in [1.54, 1.807) is 0 Å². The van der Waals surface area contributed by atoms with E-state index in [1.165, 1.54) is 22.3 Å². The Kier molecular flexibility index (Phi) is 3.86. The fraction of sp³-hybridized carbons (Fsp3) is 0.333. The fourth-order valence-corrected chi connectivity index (χ4v) is 3.25. The van der Waals surface area contributed by atoms with Crippen LogP contribution >= 0.6 is 0 Å². The summed E-state index contributed by atoms with van der Waals surface area (Å²) in [6, 6.07) is 16.8. The van der Waals surface area contributed by atoms with Gasteiger partial charge in [-0.05, 0) is 46.9 Å². The highest BCUT2D eigenvalue weighted by Gasteiger charge is 2.26. The Morgan fingerprint density at radius 2 is 1.10 bits per heavy atom. The first kappa shape index (κ1) is 13.3. The van der Waals surface area contributed by atoms with E-state index in [9.17, 15) is 10.2 Å². The summed E-state index contributed by atoms with van der Waals surface area (Å²) in [6.45, 7) is 0.253. The molecule has 0 saturated carbocycles. The maximum absolute atomic E-state index is 9.67. The van der Waals surface area contributed by atoms with E-state index in [-0.39, 0.29) is 25.0 Å². The van der Waals surface area contributed by atoms with Crippen molar-refractivity contribution in [2.24, 2.45) is 11.8 Å². The molecule has 1 aliphatic carbocycles. The Balaban J connectivity index is 2.15. The van der Waals surface area contributed by atoms with Crippen molar-refractivity contribution in [3.8, 4) is 11.1 Å². The lowest BCUT2D eigenvalue weighted by Crippen LogP contribution is -2.27. The van der Waals surface area contributed by atoms with Crippen LogP contribution in [0.25, 0.3) is 11.1 Å². The number of fused-ring (bicyclic) bond motifs is 3. The zero-order chi connectivity index (χ0) is 13.9. The molecule has 2 aromatic carbocycles. The standard InChI is InChI=1S/C18H20O2/c19-11-15-9-13-5-1-3-7-17(13)18-8-4-2-6-14(18)10-16(15)12-20/h1-8,15-16,19-20H,9-12H2/t15-,16-/m0/s1. The van der Waals surface area contributed by atoms with Gasteiger partial charge in [-0.3, -0.25) is 0 Å². The summed E-state index contributed by atoms with van der Waals surface area (Å²) in [5.41, 5.74) is 5.05. The predicted molar refractivity (Wildman–Crippen MR) is 80.4 cm³/mol. The average molecular weight is 268 g/mol. The van der Waals surface area contributed by atoms with E-state index in [0.717, 1.165) is 12.8 Å². The number of benzene rings is 2. The van der Waals surface area contributed by atoms with E-state index < -0.39 is 0 Å². The van der Waals surface area contributed by atoms with Gasteiger partial charge in [0.1, 0.15) is 0 Å². The molecule has 0 saturated heterocycles. The quantitative estimate of drug-likeness (QED) is 0.879. The highest BCUT2D eigenvalue weighted by molar-refractivity contribution is 5.71. The molecule has 104 valence electrons. The van der Waals surface area contributed by atoms with Crippen molar-refractivity contribution in [2.75, 3.05) is 13.2 Å². The molecule has 1 aliphatic rings. The number of hydrogen-bond acceptors (Lipinski definition) is 2. The molecule has 0 unspecified atom stereocenters. The fourth-order valence-electron chi connectivity index (χ4n) is 3.25. The number of rotatable bonds is 2. The van der Waals surface area contributed by atoms with Crippen LogP contribution in [0.15, 0.2) is 48.5 Å². The van der Waals surface area contributed by atoms with Crippen molar-refractivity contribution >= 4 is 0 Å². The second kappa shape index (κ2) is 5.78. The van der Waals surface area contributed by atoms with Crippen LogP contribution in [0.2, 0.25) is 0 Å². The predicted octanol–water partition coefficient (Wildman–Crippen LogP) is 2.67. The first-order valence-electron chi connectivity index (χ1n) is 7.21. The number of hydrogen-bond donors (Lipinski definition) is 2. The second-order valence-electron chi connectivity index (χ2n) is 5.61. The molecule has 0 fully saturated rings. The van der Waals surface area contributed by atoms with Gasteiger partial charge in [0, 0.05) is 13.2 Å². The van der Waals surface area contributed by atoms with Gasteiger partial charge < -0.3 is 10.2 Å². The zero-order valence-corrected chi connectivity index (χ0v) is 11.5. The molecule has 0 aromatic heterocycles. The lowest BCUT2D eigenvalue weighted by atomic mass is 9.77. The Bertz CT molecular complexity index is 538. The van der Waals surface area contributed by atoms with Gasteiger partial charge in [-0.15, -0.1) is 0 Å². The third-order valence-electron chi connectivity index (χ3n) is 4.42. The zero-order valence-electron chi connectivity index (χ0n) is 11.5. The minimum absolute atomic E-state index is 0.120. The SMILES string of the molecule is OC[C@@H]1Cc2ccccc2-c2ccccc2C[C@H]1CO. The van der Waals surface area contributed by atoms with Crippen molar-refractivity contribution in [3.05, 3.63) is 59.7 Å². The van der Waals surface area contributed by atoms with Crippen LogP contribution in [0.4, 0.5) is 0 Å². The largest absolute Gasteiger partial charge is 0.396 e. The Morgan fingerprint density at radius 3 is 1.50 bits per heavy atom. The molecule has 0 spiro atoms. The average Bonchev–Trinajstić information content (AvgIpc) is 2.49. The minimum atomic E-state index is 0.120. The Morgan fingerprint density at radius 1 is 0.700 bits per heavy atom. The maximum atomic E-state index is 9.67. The van der Waals surface area contributed by atoms with Crippen molar-refractivity contribution in [1.82, 2.24) is 0 Å². The van der Waals surface area contributed by atoms with Crippen LogP contribution in [0, 0.1) is 11.8 Å². The van der Waals surface area contributed by atoms with Crippen LogP contribution in [-0.4, -0.2) is 23.4 Å². The third kappa shape index (κ3) is 2.37. The van der Waals surface area contributed by atoms with Gasteiger partial charge >= 0.3 is 0 Å². The van der Waals surface area contributed by atoms with Crippen LogP contribution in [0.5, 0.6) is 0 Å². The molecule has 2 atom stereocenters. The van der Waals surface area contributed by atoms with E-state index in [2.05, 4.69) is 36.4 Å². The topological polar surface area (TPSA) is 40.5 Å². The molecule has 0 aliphatic heterocycles. The molecule has 0 amide bonds. The third-order valence-corrected chi connectivity index (χ3v) is 4.42. The minimum Gasteiger partial charge on any atom is -0.396 e. The van der Waals surface area contributed by atoms with Crippen molar-refractivity contribution in [1.29, 1.82) is 0 Å². The number of aliphatic hydroxyl groups excluding tert-OH is 2. The van der Waals surface area contributed by atoms with Gasteiger partial charge in [0.05, 0.1) is 0 Å². The van der Waals surface area contributed by atoms with Crippen molar-refractivity contribution in [3.63, 3.8) is 0 Å². The van der Waals surface area contributed by atoms with Gasteiger partial charge in [0.15, 0.2) is 0 Å². The molecule has 2 N–H and O–H groups in total. The number of aliphatic hydroxyl groups is 2. The van der Waals surface area contributed by atoms with E-state index in [0.29, 0.717) is 0 Å². The molecule has 0 bridgehead atoms. The monoisotopic (exact) mass is 268 g/mol. The summed E-state index contributed by atoms with van der Waals surface area (Å²) < 4.78 is 0. The summed E-state index contributed by atoms with van der Waals surface area (Å²) >= 11 is 0. The Labute approximate surface area is 119 Å². The molecule has 20 heavy (non-hydrogen) atoms. The Hall–Kier alpha value is -1.64. The summed E-state index contributed by atoms with van der Waals surface area (Å²) in [5.74, 6) is 0.240.